The molecule has 1 aromatic rings. The van der Waals surface area contributed by atoms with Crippen LogP contribution in [0.3, 0.4) is 0 Å². The molecule has 130 valence electrons. The van der Waals surface area contributed by atoms with Gasteiger partial charge in [0.2, 0.25) is 0 Å². The Kier molecular flexibility index (Phi) is 5.94. The molecule has 1 aliphatic rings. The molecule has 6 nitrogen and oxygen atoms in total. The Morgan fingerprint density at radius 2 is 2.30 bits per heavy atom. The number of aromatic nitrogens is 2. The van der Waals surface area contributed by atoms with E-state index in [1.165, 1.54) is 0 Å². The first-order chi connectivity index (χ1) is 10.8. The Labute approximate surface area is 138 Å². The summed E-state index contributed by atoms with van der Waals surface area (Å²) >= 11 is 5.92. The molecule has 3 N–H and O–H groups in total. The summed E-state index contributed by atoms with van der Waals surface area (Å²) in [5, 5.41) is 6.12. The van der Waals surface area contributed by atoms with Crippen LogP contribution in [0.2, 0.25) is 5.15 Å². The molecule has 9 heteroatoms. The third-order valence-corrected chi connectivity index (χ3v) is 3.90. The van der Waals surface area contributed by atoms with Crippen LogP contribution in [0.5, 0.6) is 0 Å². The highest BCUT2D eigenvalue weighted by atomic mass is 35.5. The van der Waals surface area contributed by atoms with Crippen LogP contribution in [0.25, 0.3) is 0 Å². The number of hydrogen-bond donors (Lipinski definition) is 3. The lowest BCUT2D eigenvalue weighted by atomic mass is 10.0. The van der Waals surface area contributed by atoms with Crippen molar-refractivity contribution in [2.75, 3.05) is 19.7 Å². The first-order valence-corrected chi connectivity index (χ1v) is 7.93. The highest BCUT2D eigenvalue weighted by Crippen LogP contribution is 2.17. The SMILES string of the molecule is CCc1[nH]c(C(=O)NC2CCNCC2OCC(C)(F)F)nc1Cl. The van der Waals surface area contributed by atoms with E-state index >= 15 is 0 Å². The van der Waals surface area contributed by atoms with Gasteiger partial charge in [0, 0.05) is 13.5 Å². The number of carbonyl (C=O) groups excluding carboxylic acids is 1. The summed E-state index contributed by atoms with van der Waals surface area (Å²) in [4.78, 5) is 19.1. The first-order valence-electron chi connectivity index (χ1n) is 7.55. The second-order valence-electron chi connectivity index (χ2n) is 5.70. The van der Waals surface area contributed by atoms with Crippen LogP contribution < -0.4 is 10.6 Å². The topological polar surface area (TPSA) is 79.0 Å². The maximum atomic E-state index is 13.0. The number of hydrogen-bond acceptors (Lipinski definition) is 4. The van der Waals surface area contributed by atoms with Crippen molar-refractivity contribution < 1.29 is 18.3 Å². The standard InChI is InChI=1S/C14H21ClF2N4O2/c1-3-8-11(15)21-12(19-8)13(22)20-9-4-5-18-6-10(9)23-7-14(2,16)17/h9-10,18H,3-7H2,1-2H3,(H,19,21)(H,20,22). The Balaban J connectivity index is 1.98. The summed E-state index contributed by atoms with van der Waals surface area (Å²) in [7, 11) is 0. The molecule has 0 saturated carbocycles. The Morgan fingerprint density at radius 1 is 1.57 bits per heavy atom. The minimum atomic E-state index is -2.91. The zero-order valence-corrected chi connectivity index (χ0v) is 13.8. The molecule has 0 aliphatic carbocycles. The van der Waals surface area contributed by atoms with Crippen LogP contribution in [0.4, 0.5) is 8.78 Å². The average molecular weight is 351 g/mol. The van der Waals surface area contributed by atoms with Gasteiger partial charge in [0.1, 0.15) is 6.61 Å². The number of imidazole rings is 1. The molecule has 1 saturated heterocycles. The molecule has 1 fully saturated rings. The van der Waals surface area contributed by atoms with Crippen molar-refractivity contribution in [1.29, 1.82) is 0 Å². The maximum Gasteiger partial charge on any atom is 0.287 e. The van der Waals surface area contributed by atoms with E-state index in [2.05, 4.69) is 20.6 Å². The van der Waals surface area contributed by atoms with Crippen LogP contribution in [0, 0.1) is 0 Å². The van der Waals surface area contributed by atoms with Gasteiger partial charge in [-0.25, -0.2) is 13.8 Å². The van der Waals surface area contributed by atoms with Crippen molar-refractivity contribution in [3.63, 3.8) is 0 Å². The fourth-order valence-electron chi connectivity index (χ4n) is 2.39. The number of nitrogens with zero attached hydrogens (tertiary/aromatic N) is 1. The number of piperidine rings is 1. The van der Waals surface area contributed by atoms with E-state index in [0.29, 0.717) is 31.6 Å². The average Bonchev–Trinajstić information content (AvgIpc) is 2.87. The molecule has 1 aliphatic heterocycles. The molecule has 2 rings (SSSR count). The molecule has 1 aromatic heterocycles. The van der Waals surface area contributed by atoms with Crippen LogP contribution in [-0.4, -0.2) is 53.6 Å². The predicted molar refractivity (Wildman–Crippen MR) is 82.1 cm³/mol. The normalized spacial score (nSPS) is 22.1. The molecule has 0 spiro atoms. The van der Waals surface area contributed by atoms with E-state index in [4.69, 9.17) is 16.3 Å². The van der Waals surface area contributed by atoms with Crippen molar-refractivity contribution in [2.24, 2.45) is 0 Å². The fourth-order valence-corrected chi connectivity index (χ4v) is 2.66. The maximum absolute atomic E-state index is 13.0. The number of aromatic amines is 1. The largest absolute Gasteiger partial charge is 0.369 e. The molecular weight excluding hydrogens is 330 g/mol. The van der Waals surface area contributed by atoms with E-state index in [0.717, 1.165) is 6.92 Å². The lowest BCUT2D eigenvalue weighted by Crippen LogP contribution is -2.54. The van der Waals surface area contributed by atoms with Crippen molar-refractivity contribution >= 4 is 17.5 Å². The molecule has 2 heterocycles. The highest BCUT2D eigenvalue weighted by molar-refractivity contribution is 6.30. The second-order valence-corrected chi connectivity index (χ2v) is 6.06. The molecule has 0 aromatic carbocycles. The number of rotatable bonds is 6. The number of carbonyl (C=O) groups is 1. The second kappa shape index (κ2) is 7.55. The monoisotopic (exact) mass is 350 g/mol. The Bertz CT molecular complexity index is 547. The van der Waals surface area contributed by atoms with E-state index in [1.807, 2.05) is 6.92 Å². The van der Waals surface area contributed by atoms with Gasteiger partial charge in [0.15, 0.2) is 11.0 Å². The van der Waals surface area contributed by atoms with Gasteiger partial charge in [-0.2, -0.15) is 0 Å². The molecule has 2 unspecified atom stereocenters. The zero-order chi connectivity index (χ0) is 17.0. The van der Waals surface area contributed by atoms with Gasteiger partial charge in [0.05, 0.1) is 17.8 Å². The third kappa shape index (κ3) is 5.12. The van der Waals surface area contributed by atoms with Crippen molar-refractivity contribution in [1.82, 2.24) is 20.6 Å². The van der Waals surface area contributed by atoms with Gasteiger partial charge in [-0.3, -0.25) is 4.79 Å². The minimum Gasteiger partial charge on any atom is -0.369 e. The molecule has 0 bridgehead atoms. The third-order valence-electron chi connectivity index (χ3n) is 3.59. The number of alkyl halides is 2. The number of aryl methyl sites for hydroxylation is 1. The number of halogens is 3. The van der Waals surface area contributed by atoms with Gasteiger partial charge in [0.25, 0.3) is 11.8 Å². The highest BCUT2D eigenvalue weighted by Gasteiger charge is 2.31. The first kappa shape index (κ1) is 18.1. The number of amides is 1. The quantitative estimate of drug-likeness (QED) is 0.730. The number of ether oxygens (including phenoxy) is 1. The predicted octanol–water partition coefficient (Wildman–Crippen LogP) is 1.76. The van der Waals surface area contributed by atoms with E-state index < -0.39 is 24.5 Å². The van der Waals surface area contributed by atoms with Crippen LogP contribution in [0.1, 0.15) is 36.6 Å². The summed E-state index contributed by atoms with van der Waals surface area (Å²) in [6.07, 6.45) is 0.694. The summed E-state index contributed by atoms with van der Waals surface area (Å²) in [6.45, 7) is 3.08. The lowest BCUT2D eigenvalue weighted by molar-refractivity contribution is -0.0968. The lowest BCUT2D eigenvalue weighted by Gasteiger charge is -2.33. The van der Waals surface area contributed by atoms with Gasteiger partial charge in [-0.1, -0.05) is 18.5 Å². The molecule has 0 radical (unpaired) electrons. The summed E-state index contributed by atoms with van der Waals surface area (Å²) in [6, 6.07) is -0.361. The summed E-state index contributed by atoms with van der Waals surface area (Å²) < 4.78 is 31.2. The minimum absolute atomic E-state index is 0.116. The van der Waals surface area contributed by atoms with E-state index in [1.54, 1.807) is 0 Å². The number of nitrogens with one attached hydrogen (secondary N) is 3. The molecule has 1 amide bonds. The van der Waals surface area contributed by atoms with Crippen molar-refractivity contribution in [3.05, 3.63) is 16.7 Å². The fraction of sp³-hybridized carbons (Fsp3) is 0.714. The molecule has 23 heavy (non-hydrogen) atoms. The van der Waals surface area contributed by atoms with Gasteiger partial charge < -0.3 is 20.4 Å². The smallest absolute Gasteiger partial charge is 0.287 e. The van der Waals surface area contributed by atoms with E-state index in [-0.39, 0.29) is 17.0 Å². The van der Waals surface area contributed by atoms with Crippen molar-refractivity contribution in [2.45, 2.75) is 44.8 Å². The van der Waals surface area contributed by atoms with E-state index in [9.17, 15) is 13.6 Å². The van der Waals surface area contributed by atoms with Gasteiger partial charge in [-0.05, 0) is 19.4 Å². The Morgan fingerprint density at radius 3 is 2.91 bits per heavy atom. The molecular formula is C14H21ClF2N4O2. The van der Waals surface area contributed by atoms with Crippen LogP contribution in [0.15, 0.2) is 0 Å². The number of H-pyrrole nitrogens is 1. The zero-order valence-electron chi connectivity index (χ0n) is 13.1. The molecule has 2 atom stereocenters. The van der Waals surface area contributed by atoms with Gasteiger partial charge >= 0.3 is 0 Å². The van der Waals surface area contributed by atoms with Crippen LogP contribution >= 0.6 is 11.6 Å². The Hall–Kier alpha value is -1.25. The summed E-state index contributed by atoms with van der Waals surface area (Å²) in [5.41, 5.74) is 0.681. The van der Waals surface area contributed by atoms with Crippen molar-refractivity contribution in [3.8, 4) is 0 Å². The van der Waals surface area contributed by atoms with Crippen LogP contribution in [-0.2, 0) is 11.2 Å². The summed E-state index contributed by atoms with van der Waals surface area (Å²) in [5.74, 6) is -3.21. The van der Waals surface area contributed by atoms with Gasteiger partial charge in [-0.15, -0.1) is 0 Å².